The Labute approximate surface area is 148 Å². The number of carbonyl (C=O) groups excluding carboxylic acids is 2. The van der Waals surface area contributed by atoms with E-state index in [0.717, 1.165) is 17.0 Å². The van der Waals surface area contributed by atoms with Gasteiger partial charge in [0, 0.05) is 31.2 Å². The summed E-state index contributed by atoms with van der Waals surface area (Å²) in [5.41, 5.74) is 1.43. The van der Waals surface area contributed by atoms with E-state index in [-0.39, 0.29) is 42.7 Å². The summed E-state index contributed by atoms with van der Waals surface area (Å²) in [6, 6.07) is 5.95. The Morgan fingerprint density at radius 1 is 1.36 bits per heavy atom. The van der Waals surface area contributed by atoms with Gasteiger partial charge in [-0.15, -0.1) is 0 Å². The summed E-state index contributed by atoms with van der Waals surface area (Å²) in [5.74, 6) is -1.31. The second kappa shape index (κ2) is 8.57. The largest absolute Gasteiger partial charge is 0.456 e. The van der Waals surface area contributed by atoms with Crippen LogP contribution < -0.4 is 4.87 Å². The van der Waals surface area contributed by atoms with E-state index in [1.807, 2.05) is 0 Å². The fraction of sp³-hybridized carbons (Fsp3) is 0.353. The summed E-state index contributed by atoms with van der Waals surface area (Å²) < 4.78 is 19.6. The van der Waals surface area contributed by atoms with Gasteiger partial charge < -0.3 is 14.2 Å². The number of nitrogens with zero attached hydrogens (tertiary/aromatic N) is 2. The molecule has 0 saturated heterocycles. The molecule has 134 valence electrons. The molecule has 0 bridgehead atoms. The Kier molecular flexibility index (Phi) is 6.46. The van der Waals surface area contributed by atoms with Crippen LogP contribution in [0.15, 0.2) is 34.4 Å². The number of hydrogen-bond acceptors (Lipinski definition) is 5. The quantitative estimate of drug-likeness (QED) is 0.703. The summed E-state index contributed by atoms with van der Waals surface area (Å²) in [5, 5.41) is 1.72. The van der Waals surface area contributed by atoms with Crippen LogP contribution in [0.4, 0.5) is 4.39 Å². The maximum atomic E-state index is 13.1. The average Bonchev–Trinajstić information content (AvgIpc) is 2.89. The second-order valence-corrected chi connectivity index (χ2v) is 6.41. The van der Waals surface area contributed by atoms with Gasteiger partial charge in [0.25, 0.3) is 5.91 Å². The standard InChI is InChI=1S/C17H19FN2O4S/c1-12-11-25-17(23)20(12)7-6-16(22)24-10-15(21)19(2)9-13-4-3-5-14(18)8-13/h3-5,8,11H,6-7,9-10H2,1-2H3. The number of amides is 1. The molecule has 2 rings (SSSR count). The molecule has 0 radical (unpaired) electrons. The van der Waals surface area contributed by atoms with Crippen LogP contribution in [-0.4, -0.2) is 35.0 Å². The third-order valence-corrected chi connectivity index (χ3v) is 4.49. The Hall–Kier alpha value is -2.48. The van der Waals surface area contributed by atoms with Gasteiger partial charge in [-0.25, -0.2) is 4.39 Å². The molecule has 0 fully saturated rings. The van der Waals surface area contributed by atoms with Crippen molar-refractivity contribution in [2.75, 3.05) is 13.7 Å². The zero-order valence-corrected chi connectivity index (χ0v) is 14.8. The number of likely N-dealkylation sites (N-methyl/N-ethyl adjacent to an activating group) is 1. The first kappa shape index (κ1) is 18.9. The summed E-state index contributed by atoms with van der Waals surface area (Å²) >= 11 is 1.07. The van der Waals surface area contributed by atoms with Crippen molar-refractivity contribution in [2.45, 2.75) is 26.4 Å². The highest BCUT2D eigenvalue weighted by Gasteiger charge is 2.13. The zero-order chi connectivity index (χ0) is 18.4. The molecular weight excluding hydrogens is 347 g/mol. The summed E-state index contributed by atoms with van der Waals surface area (Å²) in [7, 11) is 1.55. The zero-order valence-electron chi connectivity index (χ0n) is 14.0. The molecule has 25 heavy (non-hydrogen) atoms. The van der Waals surface area contributed by atoms with Gasteiger partial charge in [0.15, 0.2) is 6.61 Å². The minimum atomic E-state index is -0.551. The highest BCUT2D eigenvalue weighted by molar-refractivity contribution is 7.07. The minimum absolute atomic E-state index is 0.0123. The van der Waals surface area contributed by atoms with E-state index in [1.54, 1.807) is 31.5 Å². The average molecular weight is 366 g/mol. The summed E-state index contributed by atoms with van der Waals surface area (Å²) in [6.07, 6.45) is 0.0123. The van der Waals surface area contributed by atoms with Gasteiger partial charge in [-0.3, -0.25) is 14.4 Å². The van der Waals surface area contributed by atoms with Crippen LogP contribution in [0.25, 0.3) is 0 Å². The van der Waals surface area contributed by atoms with Crippen molar-refractivity contribution in [3.63, 3.8) is 0 Å². The highest BCUT2D eigenvalue weighted by atomic mass is 32.1. The van der Waals surface area contributed by atoms with Crippen LogP contribution >= 0.6 is 11.3 Å². The highest BCUT2D eigenvalue weighted by Crippen LogP contribution is 2.07. The smallest absolute Gasteiger partial charge is 0.308 e. The molecule has 2 aromatic rings. The van der Waals surface area contributed by atoms with Crippen LogP contribution in [0, 0.1) is 12.7 Å². The molecule has 0 saturated carbocycles. The van der Waals surface area contributed by atoms with E-state index in [1.165, 1.54) is 21.6 Å². The molecule has 0 aliphatic rings. The number of esters is 1. The molecular formula is C17H19FN2O4S. The van der Waals surface area contributed by atoms with E-state index in [2.05, 4.69) is 0 Å². The Morgan fingerprint density at radius 3 is 2.76 bits per heavy atom. The Morgan fingerprint density at radius 2 is 2.12 bits per heavy atom. The number of ether oxygens (including phenoxy) is 1. The lowest BCUT2D eigenvalue weighted by atomic mass is 10.2. The number of benzene rings is 1. The molecule has 1 heterocycles. The summed E-state index contributed by atoms with van der Waals surface area (Å²) in [4.78, 5) is 36.5. The normalized spacial score (nSPS) is 10.5. The molecule has 0 aliphatic carbocycles. The first-order valence-electron chi connectivity index (χ1n) is 7.66. The van der Waals surface area contributed by atoms with Gasteiger partial charge in [0.05, 0.1) is 6.42 Å². The molecule has 6 nitrogen and oxygen atoms in total. The molecule has 0 atom stereocenters. The SMILES string of the molecule is Cc1csc(=O)n1CCC(=O)OCC(=O)N(C)Cc1cccc(F)c1. The topological polar surface area (TPSA) is 68.6 Å². The predicted molar refractivity (Wildman–Crippen MR) is 91.8 cm³/mol. The second-order valence-electron chi connectivity index (χ2n) is 5.59. The number of rotatable bonds is 7. The van der Waals surface area contributed by atoms with Gasteiger partial charge in [0.1, 0.15) is 5.82 Å². The molecule has 1 aromatic carbocycles. The van der Waals surface area contributed by atoms with Gasteiger partial charge in [-0.05, 0) is 24.6 Å². The third-order valence-electron chi connectivity index (χ3n) is 3.61. The number of aromatic nitrogens is 1. The molecule has 1 amide bonds. The van der Waals surface area contributed by atoms with E-state index in [9.17, 15) is 18.8 Å². The molecule has 0 spiro atoms. The predicted octanol–water partition coefficient (Wildman–Crippen LogP) is 1.95. The van der Waals surface area contributed by atoms with Crippen molar-refractivity contribution in [3.8, 4) is 0 Å². The van der Waals surface area contributed by atoms with E-state index in [0.29, 0.717) is 5.56 Å². The van der Waals surface area contributed by atoms with E-state index >= 15 is 0 Å². The number of carbonyl (C=O) groups is 2. The van der Waals surface area contributed by atoms with E-state index in [4.69, 9.17) is 4.74 Å². The number of halogens is 1. The number of aryl methyl sites for hydroxylation is 1. The lowest BCUT2D eigenvalue weighted by molar-refractivity contribution is -0.151. The van der Waals surface area contributed by atoms with Crippen LogP contribution in [0.2, 0.25) is 0 Å². The van der Waals surface area contributed by atoms with Crippen molar-refractivity contribution in [1.29, 1.82) is 0 Å². The molecule has 1 aromatic heterocycles. The molecule has 0 N–H and O–H groups in total. The fourth-order valence-corrected chi connectivity index (χ4v) is 2.96. The van der Waals surface area contributed by atoms with Gasteiger partial charge in [-0.2, -0.15) is 0 Å². The van der Waals surface area contributed by atoms with Crippen LogP contribution in [0.1, 0.15) is 17.7 Å². The van der Waals surface area contributed by atoms with Crippen molar-refractivity contribution in [1.82, 2.24) is 9.47 Å². The monoisotopic (exact) mass is 366 g/mol. The maximum absolute atomic E-state index is 13.1. The summed E-state index contributed by atoms with van der Waals surface area (Å²) in [6.45, 7) is 1.84. The van der Waals surface area contributed by atoms with Gasteiger partial charge in [0.2, 0.25) is 0 Å². The number of thiazole rings is 1. The van der Waals surface area contributed by atoms with Gasteiger partial charge >= 0.3 is 10.8 Å². The number of hydrogen-bond donors (Lipinski definition) is 0. The first-order chi connectivity index (χ1) is 11.9. The maximum Gasteiger partial charge on any atom is 0.308 e. The lowest BCUT2D eigenvalue weighted by Gasteiger charge is -2.17. The lowest BCUT2D eigenvalue weighted by Crippen LogP contribution is -2.31. The van der Waals surface area contributed by atoms with Crippen LogP contribution in [0.5, 0.6) is 0 Å². The van der Waals surface area contributed by atoms with Crippen LogP contribution in [-0.2, 0) is 27.4 Å². The van der Waals surface area contributed by atoms with Crippen molar-refractivity contribution in [3.05, 3.63) is 56.4 Å². The Balaban J connectivity index is 1.77. The fourth-order valence-electron chi connectivity index (χ4n) is 2.20. The van der Waals surface area contributed by atoms with Crippen molar-refractivity contribution in [2.24, 2.45) is 0 Å². The van der Waals surface area contributed by atoms with E-state index < -0.39 is 5.97 Å². The molecule has 0 aliphatic heterocycles. The van der Waals surface area contributed by atoms with Crippen molar-refractivity contribution >= 4 is 23.2 Å². The first-order valence-corrected chi connectivity index (χ1v) is 8.53. The van der Waals surface area contributed by atoms with Gasteiger partial charge in [-0.1, -0.05) is 23.5 Å². The van der Waals surface area contributed by atoms with Crippen molar-refractivity contribution < 1.29 is 18.7 Å². The molecule has 0 unspecified atom stereocenters. The minimum Gasteiger partial charge on any atom is -0.456 e. The van der Waals surface area contributed by atoms with Crippen LogP contribution in [0.3, 0.4) is 0 Å². The third kappa shape index (κ3) is 5.53. The Bertz CT molecular complexity index is 815. The molecule has 8 heteroatoms.